The van der Waals surface area contributed by atoms with Crippen molar-refractivity contribution in [2.45, 2.75) is 45.4 Å². The molecule has 0 aliphatic carbocycles. The fraction of sp³-hybridized carbons (Fsp3) is 0.421. The van der Waals surface area contributed by atoms with Gasteiger partial charge in [0.2, 0.25) is 0 Å². The summed E-state index contributed by atoms with van der Waals surface area (Å²) in [5.41, 5.74) is 2.21. The normalized spacial score (nSPS) is 10.6. The number of amides is 1. The zero-order chi connectivity index (χ0) is 18.1. The Hall–Kier alpha value is -2.63. The number of carboxylic acids is 1. The number of nitrogens with one attached hydrogen (secondary N) is 1. The van der Waals surface area contributed by atoms with Crippen LogP contribution in [-0.4, -0.2) is 33.3 Å². The minimum absolute atomic E-state index is 0.106. The summed E-state index contributed by atoms with van der Waals surface area (Å²) in [4.78, 5) is 22.7. The van der Waals surface area contributed by atoms with E-state index in [1.165, 1.54) is 0 Å². The van der Waals surface area contributed by atoms with Crippen molar-refractivity contribution in [2.75, 3.05) is 6.54 Å². The number of unbranched alkanes of at least 4 members (excludes halogenated alkanes) is 4. The zero-order valence-corrected chi connectivity index (χ0v) is 14.6. The molecule has 0 aliphatic rings. The molecule has 1 aromatic carbocycles. The number of aryl methyl sites for hydroxylation is 1. The molecule has 0 saturated carbocycles. The van der Waals surface area contributed by atoms with Gasteiger partial charge in [-0.1, -0.05) is 37.5 Å². The molecule has 6 heteroatoms. The second kappa shape index (κ2) is 9.61. The molecule has 0 aliphatic heterocycles. The van der Waals surface area contributed by atoms with Crippen LogP contribution in [0.2, 0.25) is 0 Å². The van der Waals surface area contributed by atoms with Gasteiger partial charge in [-0.2, -0.15) is 5.10 Å². The summed E-state index contributed by atoms with van der Waals surface area (Å²) in [5, 5.41) is 15.9. The second-order valence-corrected chi connectivity index (χ2v) is 6.08. The van der Waals surface area contributed by atoms with Crippen LogP contribution in [0.5, 0.6) is 0 Å². The molecule has 0 atom stereocenters. The first-order valence-corrected chi connectivity index (χ1v) is 8.69. The van der Waals surface area contributed by atoms with E-state index >= 15 is 0 Å². The maximum absolute atomic E-state index is 12.3. The summed E-state index contributed by atoms with van der Waals surface area (Å²) >= 11 is 0. The van der Waals surface area contributed by atoms with Crippen LogP contribution in [0, 0.1) is 6.92 Å². The lowest BCUT2D eigenvalue weighted by atomic mass is 10.1. The lowest BCUT2D eigenvalue weighted by Gasteiger charge is -2.04. The molecule has 1 amide bonds. The average Bonchev–Trinajstić information content (AvgIpc) is 2.99. The highest BCUT2D eigenvalue weighted by molar-refractivity contribution is 5.95. The maximum atomic E-state index is 12.3. The van der Waals surface area contributed by atoms with Gasteiger partial charge in [0.25, 0.3) is 5.91 Å². The highest BCUT2D eigenvalue weighted by Crippen LogP contribution is 2.12. The third-order valence-corrected chi connectivity index (χ3v) is 4.02. The monoisotopic (exact) mass is 343 g/mol. The molecule has 25 heavy (non-hydrogen) atoms. The number of carbonyl (C=O) groups excluding carboxylic acids is 1. The van der Waals surface area contributed by atoms with E-state index in [0.717, 1.165) is 37.8 Å². The number of hydrogen-bond acceptors (Lipinski definition) is 3. The third kappa shape index (κ3) is 6.06. The molecule has 0 saturated heterocycles. The van der Waals surface area contributed by atoms with Crippen LogP contribution in [0.15, 0.2) is 36.5 Å². The number of benzene rings is 1. The van der Waals surface area contributed by atoms with E-state index in [1.807, 2.05) is 37.3 Å². The van der Waals surface area contributed by atoms with Crippen LogP contribution in [-0.2, 0) is 4.79 Å². The van der Waals surface area contributed by atoms with E-state index in [0.29, 0.717) is 17.8 Å². The molecular formula is C19H25N3O3. The van der Waals surface area contributed by atoms with E-state index in [-0.39, 0.29) is 12.3 Å². The predicted molar refractivity (Wildman–Crippen MR) is 96.0 cm³/mol. The Bertz CT molecular complexity index is 695. The Labute approximate surface area is 147 Å². The molecule has 2 N–H and O–H groups in total. The quantitative estimate of drug-likeness (QED) is 0.648. The van der Waals surface area contributed by atoms with Gasteiger partial charge in [0.1, 0.15) is 0 Å². The second-order valence-electron chi connectivity index (χ2n) is 6.08. The molecule has 0 spiro atoms. The number of nitrogens with zero attached hydrogens (tertiary/aromatic N) is 2. The fourth-order valence-corrected chi connectivity index (χ4v) is 2.62. The van der Waals surface area contributed by atoms with Gasteiger partial charge in [0.15, 0.2) is 0 Å². The number of para-hydroxylation sites is 1. The molecule has 2 aromatic rings. The highest BCUT2D eigenvalue weighted by atomic mass is 16.4. The number of carbonyl (C=O) groups is 2. The van der Waals surface area contributed by atoms with Crippen molar-refractivity contribution in [3.05, 3.63) is 47.8 Å². The molecule has 1 aromatic heterocycles. The van der Waals surface area contributed by atoms with Gasteiger partial charge in [-0.15, -0.1) is 0 Å². The van der Waals surface area contributed by atoms with Crippen molar-refractivity contribution in [3.8, 4) is 5.69 Å². The van der Waals surface area contributed by atoms with Gasteiger partial charge in [0.05, 0.1) is 16.9 Å². The van der Waals surface area contributed by atoms with Gasteiger partial charge >= 0.3 is 5.97 Å². The predicted octanol–water partition coefficient (Wildman–Crippen LogP) is 3.34. The summed E-state index contributed by atoms with van der Waals surface area (Å²) in [7, 11) is 0. The average molecular weight is 343 g/mol. The zero-order valence-electron chi connectivity index (χ0n) is 14.6. The molecule has 1 heterocycles. The summed E-state index contributed by atoms with van der Waals surface area (Å²) in [5.74, 6) is -0.843. The van der Waals surface area contributed by atoms with Gasteiger partial charge in [-0.05, 0) is 31.9 Å². The smallest absolute Gasteiger partial charge is 0.303 e. The maximum Gasteiger partial charge on any atom is 0.303 e. The van der Waals surface area contributed by atoms with Crippen molar-refractivity contribution in [1.82, 2.24) is 15.1 Å². The largest absolute Gasteiger partial charge is 0.481 e. The molecule has 2 rings (SSSR count). The van der Waals surface area contributed by atoms with E-state index in [9.17, 15) is 9.59 Å². The lowest BCUT2D eigenvalue weighted by Crippen LogP contribution is -2.24. The first-order valence-electron chi connectivity index (χ1n) is 8.69. The summed E-state index contributed by atoms with van der Waals surface area (Å²) < 4.78 is 1.71. The van der Waals surface area contributed by atoms with Crippen molar-refractivity contribution >= 4 is 11.9 Å². The molecule has 0 unspecified atom stereocenters. The van der Waals surface area contributed by atoms with Gasteiger partial charge in [0, 0.05) is 19.2 Å². The van der Waals surface area contributed by atoms with Gasteiger partial charge < -0.3 is 10.4 Å². The summed E-state index contributed by atoms with van der Waals surface area (Å²) in [6.45, 7) is 2.45. The van der Waals surface area contributed by atoms with E-state index in [2.05, 4.69) is 10.4 Å². The number of rotatable bonds is 10. The number of aromatic nitrogens is 2. The van der Waals surface area contributed by atoms with Crippen LogP contribution >= 0.6 is 0 Å². The van der Waals surface area contributed by atoms with E-state index in [4.69, 9.17) is 5.11 Å². The van der Waals surface area contributed by atoms with Crippen LogP contribution in [0.1, 0.15) is 54.6 Å². The highest BCUT2D eigenvalue weighted by Gasteiger charge is 2.13. The van der Waals surface area contributed by atoms with E-state index < -0.39 is 5.97 Å². The van der Waals surface area contributed by atoms with Crippen LogP contribution in [0.4, 0.5) is 0 Å². The number of aliphatic carboxylic acids is 1. The van der Waals surface area contributed by atoms with Crippen molar-refractivity contribution in [2.24, 2.45) is 0 Å². The SMILES string of the molecule is Cc1nn(-c2ccccc2)cc1C(=O)NCCCCCCCC(=O)O. The Morgan fingerprint density at radius 3 is 2.48 bits per heavy atom. The lowest BCUT2D eigenvalue weighted by molar-refractivity contribution is -0.137. The molecule has 0 fully saturated rings. The summed E-state index contributed by atoms with van der Waals surface area (Å²) in [6.07, 6.45) is 6.51. The Kier molecular flexibility index (Phi) is 7.19. The number of hydrogen-bond donors (Lipinski definition) is 2. The van der Waals surface area contributed by atoms with Crippen molar-refractivity contribution in [3.63, 3.8) is 0 Å². The van der Waals surface area contributed by atoms with Crippen LogP contribution < -0.4 is 5.32 Å². The Balaban J connectivity index is 1.73. The topological polar surface area (TPSA) is 84.2 Å². The first-order chi connectivity index (χ1) is 12.1. The van der Waals surface area contributed by atoms with Gasteiger partial charge in [-0.25, -0.2) is 4.68 Å². The minimum atomic E-state index is -0.737. The standard InChI is InChI=1S/C19H25N3O3/c1-15-17(14-22(21-15)16-10-6-5-7-11-16)19(25)20-13-9-4-2-3-8-12-18(23)24/h5-7,10-11,14H,2-4,8-9,12-13H2,1H3,(H,20,25)(H,23,24). The van der Waals surface area contributed by atoms with Crippen LogP contribution in [0.3, 0.4) is 0 Å². The van der Waals surface area contributed by atoms with Crippen molar-refractivity contribution in [1.29, 1.82) is 0 Å². The Morgan fingerprint density at radius 2 is 1.76 bits per heavy atom. The summed E-state index contributed by atoms with van der Waals surface area (Å²) in [6, 6.07) is 9.69. The molecule has 134 valence electrons. The van der Waals surface area contributed by atoms with Gasteiger partial charge in [-0.3, -0.25) is 9.59 Å². The Morgan fingerprint density at radius 1 is 1.08 bits per heavy atom. The number of carboxylic acid groups (broad SMARTS) is 1. The molecule has 6 nitrogen and oxygen atoms in total. The molecular weight excluding hydrogens is 318 g/mol. The first kappa shape index (κ1) is 18.7. The van der Waals surface area contributed by atoms with E-state index in [1.54, 1.807) is 10.9 Å². The third-order valence-electron chi connectivity index (χ3n) is 4.02. The molecule has 0 radical (unpaired) electrons. The van der Waals surface area contributed by atoms with Crippen molar-refractivity contribution < 1.29 is 14.7 Å². The fourth-order valence-electron chi connectivity index (χ4n) is 2.62. The molecule has 0 bridgehead atoms. The minimum Gasteiger partial charge on any atom is -0.481 e. The van der Waals surface area contributed by atoms with Crippen LogP contribution in [0.25, 0.3) is 5.69 Å².